The number of carbonyl (C=O) groups excluding carboxylic acids is 1. The number of aromatic nitrogens is 1. The molecule has 142 valence electrons. The van der Waals surface area contributed by atoms with Crippen molar-refractivity contribution in [1.29, 1.82) is 5.26 Å². The van der Waals surface area contributed by atoms with Gasteiger partial charge in [-0.25, -0.2) is 8.42 Å². The average Bonchev–Trinajstić information content (AvgIpc) is 2.66. The van der Waals surface area contributed by atoms with Crippen LogP contribution < -0.4 is 4.31 Å². The molecule has 0 fully saturated rings. The number of amides is 1. The van der Waals surface area contributed by atoms with E-state index in [1.165, 1.54) is 4.31 Å². The molecular formula is C19H22N4O3S. The molecule has 0 N–H and O–H groups in total. The lowest BCUT2D eigenvalue weighted by molar-refractivity contribution is -0.129. The van der Waals surface area contributed by atoms with Crippen molar-refractivity contribution in [2.45, 2.75) is 12.8 Å². The van der Waals surface area contributed by atoms with Crippen molar-refractivity contribution < 1.29 is 13.2 Å². The number of likely N-dealkylation sites (N-methyl/N-ethyl adjacent to an activating group) is 1. The molecule has 1 heterocycles. The lowest BCUT2D eigenvalue weighted by Gasteiger charge is -2.24. The minimum atomic E-state index is -3.54. The number of rotatable bonds is 8. The highest BCUT2D eigenvalue weighted by molar-refractivity contribution is 7.92. The Bertz CT molecular complexity index is 906. The number of hydrogen-bond donors (Lipinski definition) is 0. The highest BCUT2D eigenvalue weighted by atomic mass is 32.2. The molecule has 0 aliphatic carbocycles. The van der Waals surface area contributed by atoms with Crippen molar-refractivity contribution in [3.63, 3.8) is 0 Å². The Balaban J connectivity index is 1.97. The van der Waals surface area contributed by atoms with Crippen LogP contribution in [0.25, 0.3) is 0 Å². The maximum Gasteiger partial charge on any atom is 0.232 e. The summed E-state index contributed by atoms with van der Waals surface area (Å²) in [5.41, 5.74) is 1.96. The summed E-state index contributed by atoms with van der Waals surface area (Å²) in [6, 6.07) is 12.0. The van der Waals surface area contributed by atoms with E-state index in [9.17, 15) is 13.2 Å². The normalized spacial score (nSPS) is 10.9. The standard InChI is InChI=1S/C19H22N4O3S/c1-22(13-9-16-7-11-21-12-8-16)19(24)10-14-23(27(2,25)26)18-5-3-17(15-20)4-6-18/h3-8,11-12H,9-10,13-14H2,1-2H3. The van der Waals surface area contributed by atoms with Gasteiger partial charge in [0, 0.05) is 39.0 Å². The van der Waals surface area contributed by atoms with Crippen molar-refractivity contribution in [1.82, 2.24) is 9.88 Å². The Morgan fingerprint density at radius 1 is 1.11 bits per heavy atom. The molecule has 1 aromatic carbocycles. The van der Waals surface area contributed by atoms with Gasteiger partial charge in [0.1, 0.15) is 0 Å². The minimum Gasteiger partial charge on any atom is -0.345 e. The van der Waals surface area contributed by atoms with Gasteiger partial charge in [-0.05, 0) is 48.4 Å². The summed E-state index contributed by atoms with van der Waals surface area (Å²) in [5, 5.41) is 8.86. The monoisotopic (exact) mass is 386 g/mol. The third-order valence-electron chi connectivity index (χ3n) is 4.12. The molecule has 0 aliphatic rings. The van der Waals surface area contributed by atoms with Crippen LogP contribution in [-0.2, 0) is 21.2 Å². The Labute approximate surface area is 159 Å². The summed E-state index contributed by atoms with van der Waals surface area (Å²) in [4.78, 5) is 17.9. The van der Waals surface area contributed by atoms with E-state index in [4.69, 9.17) is 5.26 Å². The van der Waals surface area contributed by atoms with Gasteiger partial charge in [0.2, 0.25) is 15.9 Å². The predicted octanol–water partition coefficient (Wildman–Crippen LogP) is 1.81. The summed E-state index contributed by atoms with van der Waals surface area (Å²) in [6.07, 6.45) is 5.29. The van der Waals surface area contributed by atoms with Gasteiger partial charge >= 0.3 is 0 Å². The molecule has 1 amide bonds. The van der Waals surface area contributed by atoms with E-state index < -0.39 is 10.0 Å². The SMILES string of the molecule is CN(CCc1ccncc1)C(=O)CCN(c1ccc(C#N)cc1)S(C)(=O)=O. The number of carbonyl (C=O) groups is 1. The first-order valence-electron chi connectivity index (χ1n) is 8.42. The molecule has 7 nitrogen and oxygen atoms in total. The topological polar surface area (TPSA) is 94.4 Å². The zero-order valence-corrected chi connectivity index (χ0v) is 16.2. The van der Waals surface area contributed by atoms with Gasteiger partial charge in [0.05, 0.1) is 23.6 Å². The van der Waals surface area contributed by atoms with E-state index in [-0.39, 0.29) is 18.9 Å². The van der Waals surface area contributed by atoms with Crippen LogP contribution in [0.1, 0.15) is 17.5 Å². The summed E-state index contributed by atoms with van der Waals surface area (Å²) in [5.74, 6) is -0.133. The quantitative estimate of drug-likeness (QED) is 0.690. The van der Waals surface area contributed by atoms with Crippen LogP contribution >= 0.6 is 0 Å². The van der Waals surface area contributed by atoms with Crippen LogP contribution in [0.5, 0.6) is 0 Å². The third kappa shape index (κ3) is 6.08. The first kappa shape index (κ1) is 20.4. The summed E-state index contributed by atoms with van der Waals surface area (Å²) in [7, 11) is -1.84. The second-order valence-electron chi connectivity index (χ2n) is 6.16. The highest BCUT2D eigenvalue weighted by Crippen LogP contribution is 2.18. The van der Waals surface area contributed by atoms with Gasteiger partial charge < -0.3 is 4.90 Å². The first-order chi connectivity index (χ1) is 12.8. The largest absolute Gasteiger partial charge is 0.345 e. The maximum atomic E-state index is 12.4. The third-order valence-corrected chi connectivity index (χ3v) is 5.32. The van der Waals surface area contributed by atoms with Crippen LogP contribution in [0.4, 0.5) is 5.69 Å². The van der Waals surface area contributed by atoms with Crippen molar-refractivity contribution in [2.75, 3.05) is 30.7 Å². The number of anilines is 1. The Kier molecular flexibility index (Phi) is 6.91. The van der Waals surface area contributed by atoms with Crippen LogP contribution in [0.2, 0.25) is 0 Å². The van der Waals surface area contributed by atoms with Crippen molar-refractivity contribution >= 4 is 21.6 Å². The van der Waals surface area contributed by atoms with E-state index in [0.29, 0.717) is 24.2 Å². The maximum absolute atomic E-state index is 12.4. The van der Waals surface area contributed by atoms with Gasteiger partial charge in [-0.2, -0.15) is 5.26 Å². The van der Waals surface area contributed by atoms with Gasteiger partial charge in [-0.1, -0.05) is 0 Å². The fraction of sp³-hybridized carbons (Fsp3) is 0.316. The molecule has 1 aromatic heterocycles. The summed E-state index contributed by atoms with van der Waals surface area (Å²) in [6.45, 7) is 0.585. The average molecular weight is 386 g/mol. The molecule has 2 rings (SSSR count). The van der Waals surface area contributed by atoms with Gasteiger partial charge in [0.25, 0.3) is 0 Å². The Morgan fingerprint density at radius 3 is 2.30 bits per heavy atom. The van der Waals surface area contributed by atoms with Crippen LogP contribution in [0, 0.1) is 11.3 Å². The van der Waals surface area contributed by atoms with E-state index in [1.54, 1.807) is 48.6 Å². The molecular weight excluding hydrogens is 364 g/mol. The molecule has 0 radical (unpaired) electrons. The number of pyridine rings is 1. The fourth-order valence-electron chi connectivity index (χ4n) is 2.55. The number of hydrogen-bond acceptors (Lipinski definition) is 5. The Morgan fingerprint density at radius 2 is 1.74 bits per heavy atom. The molecule has 0 atom stereocenters. The zero-order chi connectivity index (χ0) is 19.9. The van der Waals surface area contributed by atoms with E-state index in [0.717, 1.165) is 11.8 Å². The fourth-order valence-corrected chi connectivity index (χ4v) is 3.48. The predicted molar refractivity (Wildman–Crippen MR) is 104 cm³/mol. The second-order valence-corrected chi connectivity index (χ2v) is 8.07. The Hall–Kier alpha value is -2.92. The van der Waals surface area contributed by atoms with Crippen molar-refractivity contribution in [3.05, 3.63) is 59.9 Å². The van der Waals surface area contributed by atoms with Gasteiger partial charge in [-0.15, -0.1) is 0 Å². The smallest absolute Gasteiger partial charge is 0.232 e. The molecule has 0 spiro atoms. The molecule has 0 saturated carbocycles. The van der Waals surface area contributed by atoms with Gasteiger partial charge in [-0.3, -0.25) is 14.1 Å². The van der Waals surface area contributed by atoms with E-state index >= 15 is 0 Å². The van der Waals surface area contributed by atoms with Crippen molar-refractivity contribution in [3.8, 4) is 6.07 Å². The second kappa shape index (κ2) is 9.14. The summed E-state index contributed by atoms with van der Waals surface area (Å²) >= 11 is 0. The molecule has 0 unspecified atom stereocenters. The number of nitriles is 1. The van der Waals surface area contributed by atoms with Crippen LogP contribution in [0.3, 0.4) is 0 Å². The van der Waals surface area contributed by atoms with Gasteiger partial charge in [0.15, 0.2) is 0 Å². The number of sulfonamides is 1. The lowest BCUT2D eigenvalue weighted by Crippen LogP contribution is -2.36. The molecule has 0 aliphatic heterocycles. The van der Waals surface area contributed by atoms with Crippen LogP contribution in [-0.4, -0.2) is 50.6 Å². The molecule has 8 heteroatoms. The molecule has 2 aromatic rings. The molecule has 0 bridgehead atoms. The number of nitrogens with zero attached hydrogens (tertiary/aromatic N) is 4. The highest BCUT2D eigenvalue weighted by Gasteiger charge is 2.19. The minimum absolute atomic E-state index is 0.0448. The molecule has 0 saturated heterocycles. The van der Waals surface area contributed by atoms with Crippen molar-refractivity contribution in [2.24, 2.45) is 0 Å². The lowest BCUT2D eigenvalue weighted by atomic mass is 10.2. The zero-order valence-electron chi connectivity index (χ0n) is 15.4. The molecule has 27 heavy (non-hydrogen) atoms. The first-order valence-corrected chi connectivity index (χ1v) is 10.3. The van der Waals surface area contributed by atoms with E-state index in [1.807, 2.05) is 18.2 Å². The number of benzene rings is 1. The van der Waals surface area contributed by atoms with E-state index in [2.05, 4.69) is 4.98 Å². The summed E-state index contributed by atoms with van der Waals surface area (Å²) < 4.78 is 25.4. The van der Waals surface area contributed by atoms with Crippen LogP contribution in [0.15, 0.2) is 48.8 Å².